The average Bonchev–Trinajstić information content (AvgIpc) is 2.65. The van der Waals surface area contributed by atoms with Gasteiger partial charge in [-0.1, -0.05) is 12.1 Å². The van der Waals surface area contributed by atoms with Gasteiger partial charge in [-0.2, -0.15) is 14.0 Å². The summed E-state index contributed by atoms with van der Waals surface area (Å²) in [5, 5.41) is 11.0. The summed E-state index contributed by atoms with van der Waals surface area (Å²) >= 11 is 0. The fourth-order valence-electron chi connectivity index (χ4n) is 2.02. The van der Waals surface area contributed by atoms with Crippen molar-refractivity contribution in [1.82, 2.24) is 5.32 Å². The lowest BCUT2D eigenvalue weighted by molar-refractivity contribution is -0.125. The Hall–Kier alpha value is -3.41. The number of nitriles is 1. The third kappa shape index (κ3) is 5.28. The van der Waals surface area contributed by atoms with Crippen molar-refractivity contribution in [1.29, 1.82) is 5.26 Å². The lowest BCUT2D eigenvalue weighted by Gasteiger charge is -2.09. The van der Waals surface area contributed by atoms with E-state index in [0.29, 0.717) is 11.1 Å². The number of carbonyl (C=O) groups excluding carboxylic acids is 2. The molecule has 9 heteroatoms. The molecule has 140 valence electrons. The fraction of sp³-hybridized carbons (Fsp3) is 0.167. The molecule has 27 heavy (non-hydrogen) atoms. The highest BCUT2D eigenvalue weighted by atomic mass is 19.2. The number of hydrogen-bond acceptors (Lipinski definition) is 4. The van der Waals surface area contributed by atoms with E-state index in [-0.39, 0.29) is 12.5 Å². The number of carbonyl (C=O) groups is 2. The highest BCUT2D eigenvalue weighted by Crippen LogP contribution is 2.26. The largest absolute Gasteiger partial charge is 0.479 e. The summed E-state index contributed by atoms with van der Waals surface area (Å²) in [5.41, 5.74) is 1.04. The van der Waals surface area contributed by atoms with Gasteiger partial charge in [-0.15, -0.1) is 0 Å². The van der Waals surface area contributed by atoms with Crippen LogP contribution >= 0.6 is 0 Å². The van der Waals surface area contributed by atoms with E-state index in [1.165, 1.54) is 12.1 Å². The van der Waals surface area contributed by atoms with Crippen LogP contribution in [0.1, 0.15) is 11.1 Å². The summed E-state index contributed by atoms with van der Waals surface area (Å²) in [6.45, 7) is -1.40. The molecule has 1 amide bonds. The number of Topliss-reactive ketones (excluding diaryl/α,β-unsaturated/α-hetero) is 1. The molecule has 0 saturated carbocycles. The molecule has 0 aliphatic heterocycles. The number of rotatable bonds is 7. The van der Waals surface area contributed by atoms with Crippen molar-refractivity contribution in [3.63, 3.8) is 0 Å². The van der Waals surface area contributed by atoms with E-state index >= 15 is 0 Å². The van der Waals surface area contributed by atoms with E-state index in [0.717, 1.165) is 0 Å². The number of nitrogens with zero attached hydrogens (tertiary/aromatic N) is 1. The first-order chi connectivity index (χ1) is 12.8. The number of halogens is 4. The molecule has 0 radical (unpaired) electrons. The second-order valence-electron chi connectivity index (χ2n) is 5.39. The van der Waals surface area contributed by atoms with Gasteiger partial charge in [0.25, 0.3) is 0 Å². The van der Waals surface area contributed by atoms with Gasteiger partial charge in [0, 0.05) is 6.07 Å². The average molecular weight is 380 g/mol. The number of ether oxygens (including phenoxy) is 1. The van der Waals surface area contributed by atoms with Crippen molar-refractivity contribution in [2.45, 2.75) is 6.42 Å². The Labute approximate surface area is 151 Å². The van der Waals surface area contributed by atoms with Crippen LogP contribution in [0.2, 0.25) is 0 Å². The number of benzene rings is 2. The van der Waals surface area contributed by atoms with Gasteiger partial charge < -0.3 is 10.1 Å². The van der Waals surface area contributed by atoms with Crippen LogP contribution in [0, 0.1) is 34.6 Å². The number of amides is 1. The van der Waals surface area contributed by atoms with Gasteiger partial charge in [-0.25, -0.2) is 8.78 Å². The summed E-state index contributed by atoms with van der Waals surface area (Å²) in [6, 6.07) is 8.16. The molecule has 0 bridgehead atoms. The SMILES string of the molecule is N#Cc1ccc(CC(=O)NCC(=O)COc2c(F)c(F)cc(F)c2F)cc1. The molecule has 2 aromatic rings. The van der Waals surface area contributed by atoms with Gasteiger partial charge >= 0.3 is 0 Å². The van der Waals surface area contributed by atoms with Gasteiger partial charge in [0.15, 0.2) is 23.2 Å². The lowest BCUT2D eigenvalue weighted by Crippen LogP contribution is -2.33. The molecule has 0 unspecified atom stereocenters. The van der Waals surface area contributed by atoms with Gasteiger partial charge in [0.2, 0.25) is 17.5 Å². The predicted octanol–water partition coefficient (Wildman–Crippen LogP) is 2.42. The zero-order chi connectivity index (χ0) is 20.0. The van der Waals surface area contributed by atoms with Gasteiger partial charge in [0.1, 0.15) is 6.61 Å². The van der Waals surface area contributed by atoms with Crippen LogP contribution in [0.5, 0.6) is 5.75 Å². The second-order valence-corrected chi connectivity index (χ2v) is 5.39. The van der Waals surface area contributed by atoms with Gasteiger partial charge in [0.05, 0.1) is 24.6 Å². The Kier molecular flexibility index (Phi) is 6.49. The highest BCUT2D eigenvalue weighted by Gasteiger charge is 2.21. The summed E-state index contributed by atoms with van der Waals surface area (Å²) < 4.78 is 57.4. The maximum Gasteiger partial charge on any atom is 0.224 e. The normalized spacial score (nSPS) is 10.2. The molecular weight excluding hydrogens is 368 g/mol. The first-order valence-corrected chi connectivity index (χ1v) is 7.55. The predicted molar refractivity (Wildman–Crippen MR) is 84.6 cm³/mol. The summed E-state index contributed by atoms with van der Waals surface area (Å²) in [6.07, 6.45) is -0.0573. The van der Waals surface area contributed by atoms with Crippen molar-refractivity contribution in [2.24, 2.45) is 0 Å². The number of nitrogens with one attached hydrogen (secondary N) is 1. The molecule has 0 aromatic heterocycles. The van der Waals surface area contributed by atoms with E-state index in [2.05, 4.69) is 10.1 Å². The maximum absolute atomic E-state index is 13.4. The topological polar surface area (TPSA) is 79.2 Å². The van der Waals surface area contributed by atoms with Crippen molar-refractivity contribution >= 4 is 11.7 Å². The Balaban J connectivity index is 1.84. The number of ketones is 1. The molecule has 0 aliphatic rings. The molecule has 0 saturated heterocycles. The van der Waals surface area contributed by atoms with Gasteiger partial charge in [-0.05, 0) is 17.7 Å². The van der Waals surface area contributed by atoms with Crippen LogP contribution in [-0.2, 0) is 16.0 Å². The zero-order valence-electron chi connectivity index (χ0n) is 13.7. The first-order valence-electron chi connectivity index (χ1n) is 7.55. The van der Waals surface area contributed by atoms with Crippen LogP contribution in [-0.4, -0.2) is 24.8 Å². The van der Waals surface area contributed by atoms with Crippen LogP contribution in [0.25, 0.3) is 0 Å². The Morgan fingerprint density at radius 1 is 1.04 bits per heavy atom. The van der Waals surface area contributed by atoms with Crippen LogP contribution in [0.4, 0.5) is 17.6 Å². The van der Waals surface area contributed by atoms with E-state index in [1.807, 2.05) is 6.07 Å². The smallest absolute Gasteiger partial charge is 0.224 e. The van der Waals surface area contributed by atoms with Crippen LogP contribution < -0.4 is 10.1 Å². The molecule has 1 N–H and O–H groups in total. The summed E-state index contributed by atoms with van der Waals surface area (Å²) in [4.78, 5) is 23.4. The molecule has 0 heterocycles. The van der Waals surface area contributed by atoms with Gasteiger partial charge in [-0.3, -0.25) is 9.59 Å². The minimum atomic E-state index is -1.76. The summed E-state index contributed by atoms with van der Waals surface area (Å²) in [7, 11) is 0. The van der Waals surface area contributed by atoms with Crippen molar-refractivity contribution in [2.75, 3.05) is 13.2 Å². The lowest BCUT2D eigenvalue weighted by atomic mass is 10.1. The fourth-order valence-corrected chi connectivity index (χ4v) is 2.02. The molecule has 0 atom stereocenters. The standard InChI is InChI=1S/C18H12F4N2O3/c19-13-6-14(20)17(22)18(16(13)21)27-9-12(25)8-24-15(26)5-10-1-3-11(7-23)4-2-10/h1-4,6H,5,8-9H2,(H,24,26). The quantitative estimate of drug-likeness (QED) is 0.591. The van der Waals surface area contributed by atoms with Crippen molar-refractivity contribution in [3.8, 4) is 11.8 Å². The Morgan fingerprint density at radius 3 is 2.19 bits per heavy atom. The third-order valence-corrected chi connectivity index (χ3v) is 3.38. The van der Waals surface area contributed by atoms with E-state index in [9.17, 15) is 27.2 Å². The minimum absolute atomic E-state index is 0.0166. The highest BCUT2D eigenvalue weighted by molar-refractivity contribution is 5.87. The minimum Gasteiger partial charge on any atom is -0.479 e. The third-order valence-electron chi connectivity index (χ3n) is 3.38. The van der Waals surface area contributed by atoms with E-state index in [1.54, 1.807) is 12.1 Å². The number of hydrogen-bond donors (Lipinski definition) is 1. The second kappa shape index (κ2) is 8.80. The maximum atomic E-state index is 13.4. The molecule has 5 nitrogen and oxygen atoms in total. The van der Waals surface area contributed by atoms with E-state index in [4.69, 9.17) is 5.26 Å². The zero-order valence-corrected chi connectivity index (χ0v) is 13.7. The summed E-state index contributed by atoms with van der Waals surface area (Å²) in [5.74, 6) is -9.46. The molecule has 2 aromatic carbocycles. The molecule has 2 rings (SSSR count). The Bertz CT molecular complexity index is 882. The molecule has 0 aliphatic carbocycles. The van der Waals surface area contributed by atoms with E-state index < -0.39 is 53.9 Å². The van der Waals surface area contributed by atoms with Crippen LogP contribution in [0.3, 0.4) is 0 Å². The molecule has 0 fully saturated rings. The monoisotopic (exact) mass is 380 g/mol. The van der Waals surface area contributed by atoms with Crippen molar-refractivity contribution in [3.05, 3.63) is 64.7 Å². The van der Waals surface area contributed by atoms with Crippen molar-refractivity contribution < 1.29 is 31.9 Å². The molecule has 0 spiro atoms. The molecular formula is C18H12F4N2O3. The Morgan fingerprint density at radius 2 is 1.63 bits per heavy atom. The van der Waals surface area contributed by atoms with Crippen LogP contribution in [0.15, 0.2) is 30.3 Å². The first kappa shape index (κ1) is 19.9.